The van der Waals surface area contributed by atoms with Crippen molar-refractivity contribution < 1.29 is 9.66 Å². The van der Waals surface area contributed by atoms with Crippen LogP contribution in [-0.4, -0.2) is 24.1 Å². The average molecular weight is 264 g/mol. The highest BCUT2D eigenvalue weighted by molar-refractivity contribution is 5.32. The summed E-state index contributed by atoms with van der Waals surface area (Å²) in [5.41, 5.74) is 1.09. The number of hydrogen-bond donors (Lipinski definition) is 1. The van der Waals surface area contributed by atoms with E-state index in [1.165, 1.54) is 31.4 Å². The quantitative estimate of drug-likeness (QED) is 0.487. The fourth-order valence-electron chi connectivity index (χ4n) is 2.30. The first kappa shape index (κ1) is 14.0. The van der Waals surface area contributed by atoms with Gasteiger partial charge >= 0.3 is 0 Å². The molecule has 0 aromatic heterocycles. The minimum atomic E-state index is -0.390. The minimum Gasteiger partial charge on any atom is -0.377 e. The van der Waals surface area contributed by atoms with E-state index in [4.69, 9.17) is 4.74 Å². The highest BCUT2D eigenvalue weighted by Crippen LogP contribution is 2.13. The van der Waals surface area contributed by atoms with Crippen molar-refractivity contribution in [2.75, 3.05) is 13.2 Å². The zero-order valence-corrected chi connectivity index (χ0v) is 11.0. The second-order valence-electron chi connectivity index (χ2n) is 4.91. The van der Waals surface area contributed by atoms with E-state index in [1.54, 1.807) is 12.1 Å². The normalized spacial score (nSPS) is 19.3. The van der Waals surface area contributed by atoms with Crippen LogP contribution in [0.2, 0.25) is 0 Å². The summed E-state index contributed by atoms with van der Waals surface area (Å²) in [6.45, 7) is 2.37. The van der Waals surface area contributed by atoms with E-state index in [-0.39, 0.29) is 10.6 Å². The highest BCUT2D eigenvalue weighted by atomic mass is 16.6. The predicted molar refractivity (Wildman–Crippen MR) is 73.0 cm³/mol. The van der Waals surface area contributed by atoms with Crippen LogP contribution in [0, 0.1) is 10.1 Å². The van der Waals surface area contributed by atoms with E-state index >= 15 is 0 Å². The number of nitrogens with one attached hydrogen (secondary N) is 1. The van der Waals surface area contributed by atoms with E-state index < -0.39 is 0 Å². The van der Waals surface area contributed by atoms with Gasteiger partial charge in [-0.3, -0.25) is 10.1 Å². The van der Waals surface area contributed by atoms with Crippen LogP contribution in [0.1, 0.15) is 31.2 Å². The monoisotopic (exact) mass is 264 g/mol. The molecule has 1 aliphatic rings. The Kier molecular flexibility index (Phi) is 5.30. The molecule has 0 radical (unpaired) electrons. The van der Waals surface area contributed by atoms with E-state index in [1.807, 2.05) is 0 Å². The lowest BCUT2D eigenvalue weighted by molar-refractivity contribution is -0.384. The van der Waals surface area contributed by atoms with Crippen LogP contribution in [0.3, 0.4) is 0 Å². The molecule has 1 heterocycles. The summed E-state index contributed by atoms with van der Waals surface area (Å²) in [5.74, 6) is 0. The number of ether oxygens (including phenoxy) is 1. The van der Waals surface area contributed by atoms with E-state index in [2.05, 4.69) is 5.32 Å². The van der Waals surface area contributed by atoms with Gasteiger partial charge in [-0.1, -0.05) is 6.42 Å². The molecule has 19 heavy (non-hydrogen) atoms. The second-order valence-corrected chi connectivity index (χ2v) is 4.91. The molecule has 0 aliphatic carbocycles. The van der Waals surface area contributed by atoms with Gasteiger partial charge in [0.05, 0.1) is 11.5 Å². The van der Waals surface area contributed by atoms with Crippen LogP contribution >= 0.6 is 0 Å². The largest absolute Gasteiger partial charge is 0.377 e. The molecule has 1 unspecified atom stereocenters. The molecule has 0 bridgehead atoms. The number of nitro groups is 1. The third-order valence-electron chi connectivity index (χ3n) is 3.44. The Bertz CT molecular complexity index is 400. The molecule has 1 aromatic rings. The van der Waals surface area contributed by atoms with Crippen LogP contribution in [0.15, 0.2) is 24.3 Å². The standard InChI is InChI=1S/C14H20N2O3/c17-16(18)14-6-4-12(5-7-14)11-19-10-8-13-3-1-2-9-15-13/h4-7,13,15H,1-3,8-11H2. The molecule has 5 nitrogen and oxygen atoms in total. The smallest absolute Gasteiger partial charge is 0.269 e. The van der Waals surface area contributed by atoms with Gasteiger partial charge in [-0.05, 0) is 43.5 Å². The zero-order valence-electron chi connectivity index (χ0n) is 11.0. The summed E-state index contributed by atoms with van der Waals surface area (Å²) < 4.78 is 5.61. The van der Waals surface area contributed by atoms with Crippen molar-refractivity contribution in [1.29, 1.82) is 0 Å². The molecule has 5 heteroatoms. The number of rotatable bonds is 6. The first-order chi connectivity index (χ1) is 9.25. The molecular formula is C14H20N2O3. The summed E-state index contributed by atoms with van der Waals surface area (Å²) in [5, 5.41) is 14.0. The van der Waals surface area contributed by atoms with Crippen LogP contribution in [0.25, 0.3) is 0 Å². The number of non-ortho nitro benzene ring substituents is 1. The summed E-state index contributed by atoms with van der Waals surface area (Å²) >= 11 is 0. The van der Waals surface area contributed by atoms with E-state index in [0.29, 0.717) is 12.6 Å². The molecule has 0 amide bonds. The SMILES string of the molecule is O=[N+]([O-])c1ccc(COCCC2CCCCN2)cc1. The van der Waals surface area contributed by atoms with Gasteiger partial charge in [0, 0.05) is 24.8 Å². The molecule has 1 atom stereocenters. The lowest BCUT2D eigenvalue weighted by atomic mass is 10.0. The molecule has 104 valence electrons. The minimum absolute atomic E-state index is 0.121. The zero-order chi connectivity index (χ0) is 13.5. The lowest BCUT2D eigenvalue weighted by Crippen LogP contribution is -2.34. The summed E-state index contributed by atoms with van der Waals surface area (Å²) in [7, 11) is 0. The maximum absolute atomic E-state index is 10.5. The number of nitrogens with zero attached hydrogens (tertiary/aromatic N) is 1. The molecule has 2 rings (SSSR count). The van der Waals surface area contributed by atoms with Crippen LogP contribution in [0.4, 0.5) is 5.69 Å². The van der Waals surface area contributed by atoms with Crippen LogP contribution in [-0.2, 0) is 11.3 Å². The van der Waals surface area contributed by atoms with Crippen molar-refractivity contribution in [3.63, 3.8) is 0 Å². The van der Waals surface area contributed by atoms with Gasteiger partial charge in [-0.25, -0.2) is 0 Å². The molecule has 1 saturated heterocycles. The molecule has 0 spiro atoms. The van der Waals surface area contributed by atoms with Gasteiger partial charge in [0.2, 0.25) is 0 Å². The van der Waals surface area contributed by atoms with E-state index in [0.717, 1.165) is 25.1 Å². The Hall–Kier alpha value is -1.46. The molecule has 1 aromatic carbocycles. The second kappa shape index (κ2) is 7.21. The summed E-state index contributed by atoms with van der Waals surface area (Å²) in [4.78, 5) is 10.1. The molecule has 1 N–H and O–H groups in total. The average Bonchev–Trinajstić information content (AvgIpc) is 2.45. The van der Waals surface area contributed by atoms with Crippen molar-refractivity contribution in [3.05, 3.63) is 39.9 Å². The topological polar surface area (TPSA) is 64.4 Å². The maximum Gasteiger partial charge on any atom is 0.269 e. The summed E-state index contributed by atoms with van der Waals surface area (Å²) in [6.07, 6.45) is 4.86. The number of benzene rings is 1. The third kappa shape index (κ3) is 4.61. The molecule has 1 fully saturated rings. The molecular weight excluding hydrogens is 244 g/mol. The van der Waals surface area contributed by atoms with Crippen LogP contribution < -0.4 is 5.32 Å². The predicted octanol–water partition coefficient (Wildman–Crippen LogP) is 2.64. The summed E-state index contributed by atoms with van der Waals surface area (Å²) in [6, 6.07) is 7.11. The van der Waals surface area contributed by atoms with Crippen molar-refractivity contribution >= 4 is 5.69 Å². The Morgan fingerprint density at radius 3 is 2.74 bits per heavy atom. The lowest BCUT2D eigenvalue weighted by Gasteiger charge is -2.23. The van der Waals surface area contributed by atoms with Crippen molar-refractivity contribution in [1.82, 2.24) is 5.32 Å². The number of piperidine rings is 1. The highest BCUT2D eigenvalue weighted by Gasteiger charge is 2.11. The Morgan fingerprint density at radius 2 is 2.11 bits per heavy atom. The van der Waals surface area contributed by atoms with Crippen LogP contribution in [0.5, 0.6) is 0 Å². The fourth-order valence-corrected chi connectivity index (χ4v) is 2.30. The van der Waals surface area contributed by atoms with E-state index in [9.17, 15) is 10.1 Å². The number of nitro benzene ring substituents is 1. The Labute approximate surface area is 113 Å². The van der Waals surface area contributed by atoms with Crippen molar-refractivity contribution in [2.24, 2.45) is 0 Å². The van der Waals surface area contributed by atoms with Gasteiger partial charge in [0.25, 0.3) is 5.69 Å². The fraction of sp³-hybridized carbons (Fsp3) is 0.571. The number of hydrogen-bond acceptors (Lipinski definition) is 4. The van der Waals surface area contributed by atoms with Crippen molar-refractivity contribution in [2.45, 2.75) is 38.3 Å². The third-order valence-corrected chi connectivity index (χ3v) is 3.44. The molecule has 1 aliphatic heterocycles. The molecule has 0 saturated carbocycles. The van der Waals surface area contributed by atoms with Gasteiger partial charge in [-0.15, -0.1) is 0 Å². The first-order valence-corrected chi connectivity index (χ1v) is 6.80. The first-order valence-electron chi connectivity index (χ1n) is 6.80. The van der Waals surface area contributed by atoms with Gasteiger partial charge in [-0.2, -0.15) is 0 Å². The Morgan fingerprint density at radius 1 is 1.32 bits per heavy atom. The maximum atomic E-state index is 10.5. The van der Waals surface area contributed by atoms with Crippen molar-refractivity contribution in [3.8, 4) is 0 Å². The van der Waals surface area contributed by atoms with Gasteiger partial charge in [0.1, 0.15) is 0 Å². The van der Waals surface area contributed by atoms with Gasteiger partial charge in [0.15, 0.2) is 0 Å². The Balaban J connectivity index is 1.66. The van der Waals surface area contributed by atoms with Gasteiger partial charge < -0.3 is 10.1 Å².